The summed E-state index contributed by atoms with van der Waals surface area (Å²) >= 11 is 0. The van der Waals surface area contributed by atoms with Gasteiger partial charge < -0.3 is 0 Å². The van der Waals surface area contributed by atoms with Gasteiger partial charge in [-0.25, -0.2) is 0 Å². The van der Waals surface area contributed by atoms with Crippen molar-refractivity contribution >= 4 is 72.8 Å². The van der Waals surface area contributed by atoms with Crippen molar-refractivity contribution in [2.45, 2.75) is 0 Å². The van der Waals surface area contributed by atoms with Gasteiger partial charge in [-0.1, -0.05) is 0 Å². The lowest BCUT2D eigenvalue weighted by atomic mass is 35.5. The molecule has 0 amide bonds. The summed E-state index contributed by atoms with van der Waals surface area (Å²) in [6.07, 6.45) is 0. The van der Waals surface area contributed by atoms with Crippen LogP contribution in [-0.4, -0.2) is 0 Å². The van der Waals surface area contributed by atoms with E-state index in [1.165, 1.54) is 0 Å². The molecule has 0 rings (SSSR count). The zero-order valence-electron chi connectivity index (χ0n) is 1.63. The van der Waals surface area contributed by atoms with E-state index in [0.717, 1.165) is 0 Å². The average Bonchev–Trinajstić information content (AvgIpc) is 0. The summed E-state index contributed by atoms with van der Waals surface area (Å²) in [6, 6.07) is 0. The molecule has 0 N–H and O–H groups in total. The van der Waals surface area contributed by atoms with Crippen LogP contribution in [0.15, 0.2) is 0 Å². The molecule has 0 spiro atoms. The highest BCUT2D eigenvalue weighted by atomic mass is 127. The molecule has 0 bridgehead atoms. The van der Waals surface area contributed by atoms with Crippen LogP contribution in [0.1, 0.15) is 0 Å². The van der Waals surface area contributed by atoms with Gasteiger partial charge in [0.1, 0.15) is 0 Å². The van der Waals surface area contributed by atoms with Gasteiger partial charge in [-0.05, 0) is 0 Å². The molecule has 0 fully saturated rings. The van der Waals surface area contributed by atoms with Crippen LogP contribution in [0.25, 0.3) is 0 Å². The highest BCUT2D eigenvalue weighted by Crippen LogP contribution is 0.887. The molecule has 0 aromatic carbocycles. The van der Waals surface area contributed by atoms with E-state index in [0.29, 0.717) is 0 Å². The maximum absolute atomic E-state index is 0. The number of hydrogen-bond acceptors (Lipinski definition) is 0. The first kappa shape index (κ1) is 36.9. The molecule has 0 aliphatic carbocycles. The van der Waals surface area contributed by atoms with Gasteiger partial charge in [0.15, 0.2) is 0 Å². The molecule has 0 aliphatic heterocycles. The van der Waals surface area contributed by atoms with Crippen LogP contribution >= 0.6 is 72.8 Å². The molecular formula is H4Cl2I2. The van der Waals surface area contributed by atoms with Crippen molar-refractivity contribution in [2.75, 3.05) is 0 Å². The molecule has 4 heavy (non-hydrogen) atoms. The molecule has 0 heterocycles. The third kappa shape index (κ3) is 8.97. The second-order valence-corrected chi connectivity index (χ2v) is 0. The van der Waals surface area contributed by atoms with Crippen molar-refractivity contribution in [1.82, 2.24) is 0 Å². The Kier molecular flexibility index (Phi) is 182. The van der Waals surface area contributed by atoms with Crippen molar-refractivity contribution in [1.29, 1.82) is 0 Å². The Morgan fingerprint density at radius 2 is 0.500 bits per heavy atom. The van der Waals surface area contributed by atoms with E-state index in [2.05, 4.69) is 0 Å². The van der Waals surface area contributed by atoms with E-state index in [9.17, 15) is 0 Å². The smallest absolute Gasteiger partial charge is 0.107 e. The van der Waals surface area contributed by atoms with E-state index in [-0.39, 0.29) is 72.8 Å². The first-order valence-corrected chi connectivity index (χ1v) is 0. The molecule has 0 saturated carbocycles. The fourth-order valence-electron chi connectivity index (χ4n) is 0. The fraction of sp³-hybridized carbons (Fsp3) is 0. The van der Waals surface area contributed by atoms with Gasteiger partial charge in [0.05, 0.1) is 0 Å². The third-order valence-corrected chi connectivity index (χ3v) is 0. The van der Waals surface area contributed by atoms with E-state index in [4.69, 9.17) is 0 Å². The third-order valence-electron chi connectivity index (χ3n) is 0. The van der Waals surface area contributed by atoms with Crippen LogP contribution in [0.3, 0.4) is 0 Å². The largest absolute Gasteiger partial charge is 0.147 e. The molecule has 4 heteroatoms. The van der Waals surface area contributed by atoms with Crippen molar-refractivity contribution in [3.8, 4) is 0 Å². The van der Waals surface area contributed by atoms with E-state index < -0.39 is 0 Å². The molecule has 0 radical (unpaired) electrons. The van der Waals surface area contributed by atoms with Gasteiger partial charge in [-0.2, -0.15) is 0 Å². The Labute approximate surface area is 72.0 Å². The summed E-state index contributed by atoms with van der Waals surface area (Å²) in [7, 11) is 0. The standard InChI is InChI=1S/2ClH.2HI/h4*1H. The molecule has 0 aliphatic rings. The predicted octanol–water partition coefficient (Wildman–Crippen LogP) is 2.08. The highest BCUT2D eigenvalue weighted by Gasteiger charge is -0.106. The van der Waals surface area contributed by atoms with Crippen LogP contribution in [0.2, 0.25) is 0 Å². The van der Waals surface area contributed by atoms with E-state index in [1.807, 2.05) is 0 Å². The van der Waals surface area contributed by atoms with Crippen LogP contribution in [0, 0.1) is 0 Å². The normalized spacial score (nSPS) is 0. The topological polar surface area (TPSA) is 0 Å². The summed E-state index contributed by atoms with van der Waals surface area (Å²) in [5, 5.41) is 0. The molecule has 0 unspecified atom stereocenters. The van der Waals surface area contributed by atoms with Gasteiger partial charge in [-0.3, -0.25) is 0 Å². The number of rotatable bonds is 0. The van der Waals surface area contributed by atoms with Crippen LogP contribution < -0.4 is 0 Å². The van der Waals surface area contributed by atoms with Crippen LogP contribution in [-0.2, 0) is 0 Å². The number of hydrogen-bond donors (Lipinski definition) is 0. The predicted molar refractivity (Wildman–Crippen MR) is 45.3 cm³/mol. The lowest BCUT2D eigenvalue weighted by Crippen LogP contribution is 0.688. The quantitative estimate of drug-likeness (QED) is 0.597. The molecule has 0 atom stereocenters. The lowest BCUT2D eigenvalue weighted by molar-refractivity contribution is 5.85. The lowest BCUT2D eigenvalue weighted by Gasteiger charge is -0.148. The van der Waals surface area contributed by atoms with Gasteiger partial charge >= 0.3 is 0 Å². The molecule has 32 valence electrons. The molecule has 0 saturated heterocycles. The number of halogens is 4. The fourth-order valence-corrected chi connectivity index (χ4v) is 0. The second kappa shape index (κ2) is 19.8. The molecule has 0 nitrogen and oxygen atoms in total. The van der Waals surface area contributed by atoms with E-state index >= 15 is 0 Å². The highest BCUT2D eigenvalue weighted by molar-refractivity contribution is 14.0. The van der Waals surface area contributed by atoms with Gasteiger partial charge in [0.25, 0.3) is 0 Å². The average molecular weight is 329 g/mol. The summed E-state index contributed by atoms with van der Waals surface area (Å²) < 4.78 is 0. The van der Waals surface area contributed by atoms with Crippen molar-refractivity contribution in [2.24, 2.45) is 0 Å². The maximum Gasteiger partial charge on any atom is -0.107 e. The Balaban J connectivity index is 0. The summed E-state index contributed by atoms with van der Waals surface area (Å²) in [4.78, 5) is 0. The molecule has 0 aromatic heterocycles. The zero-order valence-corrected chi connectivity index (χ0v) is 7.93. The first-order valence-electron chi connectivity index (χ1n) is 0. The Morgan fingerprint density at radius 3 is 0.500 bits per heavy atom. The van der Waals surface area contributed by atoms with Crippen molar-refractivity contribution in [3.05, 3.63) is 0 Å². The minimum absolute atomic E-state index is 0. The molecular weight excluding hydrogens is 325 g/mol. The van der Waals surface area contributed by atoms with Gasteiger partial charge in [-0.15, -0.1) is 72.8 Å². The van der Waals surface area contributed by atoms with Crippen LogP contribution in [0.4, 0.5) is 0 Å². The van der Waals surface area contributed by atoms with Gasteiger partial charge in [0, 0.05) is 0 Å². The summed E-state index contributed by atoms with van der Waals surface area (Å²) in [5.41, 5.74) is 0. The Morgan fingerprint density at radius 1 is 0.500 bits per heavy atom. The molecule has 0 aromatic rings. The van der Waals surface area contributed by atoms with Crippen molar-refractivity contribution in [3.63, 3.8) is 0 Å². The SMILES string of the molecule is Cl.Cl.I.I. The summed E-state index contributed by atoms with van der Waals surface area (Å²) in [5.74, 6) is 0. The van der Waals surface area contributed by atoms with Crippen LogP contribution in [0.5, 0.6) is 0 Å². The first-order chi connectivity index (χ1) is 0. The minimum Gasteiger partial charge on any atom is -0.147 e. The Hall–Kier alpha value is 2.04. The second-order valence-electron chi connectivity index (χ2n) is 0. The monoisotopic (exact) mass is 328 g/mol. The Bertz CT molecular complexity index is 4.00. The zero-order chi connectivity index (χ0) is 0. The maximum atomic E-state index is 0. The summed E-state index contributed by atoms with van der Waals surface area (Å²) in [6.45, 7) is 0. The van der Waals surface area contributed by atoms with Gasteiger partial charge in [0.2, 0.25) is 0 Å². The minimum atomic E-state index is 0. The van der Waals surface area contributed by atoms with E-state index in [1.54, 1.807) is 0 Å². The van der Waals surface area contributed by atoms with Crippen molar-refractivity contribution < 1.29 is 0 Å².